The standard InChI is InChI=1S/C18H14ClFN2O3/c1-22-15(9-21-18(24)25)16(10-2-5-12(20)6-3-10)14-8-11(19)4-7-13(14)17(22)23/h2-8,21H,9H2,1H3,(H,24,25). The number of hydrogen-bond donors (Lipinski definition) is 2. The first-order valence-electron chi connectivity index (χ1n) is 7.42. The highest BCUT2D eigenvalue weighted by molar-refractivity contribution is 6.31. The molecule has 0 aliphatic rings. The van der Waals surface area contributed by atoms with Crippen LogP contribution in [0.25, 0.3) is 21.9 Å². The summed E-state index contributed by atoms with van der Waals surface area (Å²) in [5.41, 5.74) is 1.49. The fourth-order valence-corrected chi connectivity index (χ4v) is 3.01. The first kappa shape index (κ1) is 17.0. The van der Waals surface area contributed by atoms with E-state index in [2.05, 4.69) is 5.32 Å². The van der Waals surface area contributed by atoms with E-state index < -0.39 is 6.09 Å². The molecule has 0 saturated carbocycles. The van der Waals surface area contributed by atoms with Crippen molar-refractivity contribution >= 4 is 28.5 Å². The first-order valence-corrected chi connectivity index (χ1v) is 7.80. The van der Waals surface area contributed by atoms with Crippen LogP contribution in [0.15, 0.2) is 47.3 Å². The molecule has 0 aliphatic heterocycles. The van der Waals surface area contributed by atoms with Gasteiger partial charge in [-0.1, -0.05) is 23.7 Å². The number of nitrogens with zero attached hydrogens (tertiary/aromatic N) is 1. The third-order valence-corrected chi connectivity index (χ3v) is 4.25. The molecule has 0 bridgehead atoms. The van der Waals surface area contributed by atoms with Crippen molar-refractivity contribution in [1.82, 2.24) is 9.88 Å². The SMILES string of the molecule is Cn1c(CNC(=O)O)c(-c2ccc(F)cc2)c2cc(Cl)ccc2c1=O. The molecule has 25 heavy (non-hydrogen) atoms. The molecule has 1 amide bonds. The number of halogens is 2. The molecule has 3 aromatic rings. The minimum Gasteiger partial charge on any atom is -0.465 e. The largest absolute Gasteiger partial charge is 0.465 e. The molecule has 128 valence electrons. The number of pyridine rings is 1. The van der Waals surface area contributed by atoms with E-state index in [1.807, 2.05) is 0 Å². The average Bonchev–Trinajstić information content (AvgIpc) is 2.57. The third kappa shape index (κ3) is 3.21. The van der Waals surface area contributed by atoms with Gasteiger partial charge in [-0.3, -0.25) is 4.79 Å². The minimum absolute atomic E-state index is 0.0732. The van der Waals surface area contributed by atoms with Crippen LogP contribution in [-0.4, -0.2) is 15.8 Å². The topological polar surface area (TPSA) is 71.3 Å². The smallest absolute Gasteiger partial charge is 0.404 e. The van der Waals surface area contributed by atoms with E-state index >= 15 is 0 Å². The second-order valence-corrected chi connectivity index (χ2v) is 5.98. The van der Waals surface area contributed by atoms with Crippen molar-refractivity contribution in [2.24, 2.45) is 7.05 Å². The molecule has 0 aliphatic carbocycles. The van der Waals surface area contributed by atoms with Crippen LogP contribution in [0.3, 0.4) is 0 Å². The maximum atomic E-state index is 13.3. The number of hydrogen-bond acceptors (Lipinski definition) is 2. The van der Waals surface area contributed by atoms with E-state index in [4.69, 9.17) is 16.7 Å². The van der Waals surface area contributed by atoms with E-state index in [1.165, 1.54) is 16.7 Å². The molecule has 0 atom stereocenters. The summed E-state index contributed by atoms with van der Waals surface area (Å²) in [4.78, 5) is 23.5. The number of amides is 1. The van der Waals surface area contributed by atoms with Crippen LogP contribution in [0.1, 0.15) is 5.69 Å². The highest BCUT2D eigenvalue weighted by Gasteiger charge is 2.17. The lowest BCUT2D eigenvalue weighted by molar-refractivity contribution is 0.193. The zero-order valence-corrected chi connectivity index (χ0v) is 14.0. The molecule has 0 radical (unpaired) electrons. The Morgan fingerprint density at radius 2 is 1.88 bits per heavy atom. The normalized spacial score (nSPS) is 10.8. The Kier molecular flexibility index (Phi) is 4.46. The zero-order valence-electron chi connectivity index (χ0n) is 13.2. The monoisotopic (exact) mass is 360 g/mol. The molecule has 0 spiro atoms. The molecule has 0 unspecified atom stereocenters. The first-order chi connectivity index (χ1) is 11.9. The van der Waals surface area contributed by atoms with Crippen LogP contribution in [0, 0.1) is 5.82 Å². The summed E-state index contributed by atoms with van der Waals surface area (Å²) in [5, 5.41) is 12.7. The van der Waals surface area contributed by atoms with Gasteiger partial charge in [-0.25, -0.2) is 9.18 Å². The van der Waals surface area contributed by atoms with E-state index in [0.717, 1.165) is 0 Å². The van der Waals surface area contributed by atoms with Gasteiger partial charge in [0.25, 0.3) is 5.56 Å². The van der Waals surface area contributed by atoms with Crippen molar-refractivity contribution in [2.45, 2.75) is 6.54 Å². The number of benzene rings is 2. The van der Waals surface area contributed by atoms with E-state index in [9.17, 15) is 14.0 Å². The quantitative estimate of drug-likeness (QED) is 0.747. The van der Waals surface area contributed by atoms with Gasteiger partial charge in [-0.2, -0.15) is 0 Å². The van der Waals surface area contributed by atoms with Gasteiger partial charge in [0.15, 0.2) is 0 Å². The fourth-order valence-electron chi connectivity index (χ4n) is 2.84. The minimum atomic E-state index is -1.20. The molecule has 1 aromatic heterocycles. The summed E-state index contributed by atoms with van der Waals surface area (Å²) >= 11 is 6.10. The van der Waals surface area contributed by atoms with Gasteiger partial charge in [0, 0.05) is 28.7 Å². The van der Waals surface area contributed by atoms with E-state index in [-0.39, 0.29) is 17.9 Å². The zero-order chi connectivity index (χ0) is 18.1. The van der Waals surface area contributed by atoms with Gasteiger partial charge in [-0.05, 0) is 41.3 Å². The molecule has 2 N–H and O–H groups in total. The van der Waals surface area contributed by atoms with E-state index in [1.54, 1.807) is 37.4 Å². The molecule has 7 heteroatoms. The van der Waals surface area contributed by atoms with Crippen LogP contribution in [0.4, 0.5) is 9.18 Å². The maximum absolute atomic E-state index is 13.3. The lowest BCUT2D eigenvalue weighted by atomic mass is 9.96. The molecule has 2 aromatic carbocycles. The van der Waals surface area contributed by atoms with Gasteiger partial charge in [0.2, 0.25) is 0 Å². The van der Waals surface area contributed by atoms with E-state index in [0.29, 0.717) is 32.6 Å². The Labute approximate surface area is 147 Å². The lowest BCUT2D eigenvalue weighted by Crippen LogP contribution is -2.28. The fraction of sp³-hybridized carbons (Fsp3) is 0.111. The summed E-state index contributed by atoms with van der Waals surface area (Å²) < 4.78 is 14.7. The Bertz CT molecular complexity index is 1030. The van der Waals surface area contributed by atoms with Gasteiger partial charge >= 0.3 is 6.09 Å². The number of carboxylic acid groups (broad SMARTS) is 1. The van der Waals surface area contributed by atoms with Crippen molar-refractivity contribution in [1.29, 1.82) is 0 Å². The predicted molar refractivity (Wildman–Crippen MR) is 94.5 cm³/mol. The summed E-state index contributed by atoms with van der Waals surface area (Å²) in [7, 11) is 1.57. The van der Waals surface area contributed by atoms with Gasteiger partial charge < -0.3 is 15.0 Å². The molecule has 1 heterocycles. The Hall–Kier alpha value is -2.86. The van der Waals surface area contributed by atoms with Gasteiger partial charge in [0.1, 0.15) is 5.82 Å². The van der Waals surface area contributed by atoms with Crippen molar-refractivity contribution in [3.63, 3.8) is 0 Å². The molecule has 0 saturated heterocycles. The van der Waals surface area contributed by atoms with Crippen molar-refractivity contribution < 1.29 is 14.3 Å². The summed E-state index contributed by atoms with van der Waals surface area (Å²) in [5.74, 6) is -0.388. The van der Waals surface area contributed by atoms with Crippen molar-refractivity contribution in [3.8, 4) is 11.1 Å². The Morgan fingerprint density at radius 3 is 2.52 bits per heavy atom. The maximum Gasteiger partial charge on any atom is 0.404 e. The number of aromatic nitrogens is 1. The van der Waals surface area contributed by atoms with Gasteiger partial charge in [-0.15, -0.1) is 0 Å². The van der Waals surface area contributed by atoms with Crippen molar-refractivity contribution in [3.05, 3.63) is 69.4 Å². The number of rotatable bonds is 3. The molecule has 3 rings (SSSR count). The second-order valence-electron chi connectivity index (χ2n) is 5.54. The predicted octanol–water partition coefficient (Wildman–Crippen LogP) is 3.77. The molecular weight excluding hydrogens is 347 g/mol. The summed E-state index contributed by atoms with van der Waals surface area (Å²) in [6.45, 7) is -0.0732. The van der Waals surface area contributed by atoms with Crippen LogP contribution < -0.4 is 10.9 Å². The van der Waals surface area contributed by atoms with Crippen LogP contribution in [0.2, 0.25) is 5.02 Å². The number of nitrogens with one attached hydrogen (secondary N) is 1. The van der Waals surface area contributed by atoms with Gasteiger partial charge in [0.05, 0.1) is 6.54 Å². The van der Waals surface area contributed by atoms with Crippen LogP contribution in [-0.2, 0) is 13.6 Å². The Balaban J connectivity index is 2.39. The third-order valence-electron chi connectivity index (χ3n) is 4.02. The molecule has 5 nitrogen and oxygen atoms in total. The lowest BCUT2D eigenvalue weighted by Gasteiger charge is -2.18. The number of fused-ring (bicyclic) bond motifs is 1. The average molecular weight is 361 g/mol. The summed E-state index contributed by atoms with van der Waals surface area (Å²) in [6.07, 6.45) is -1.20. The summed E-state index contributed by atoms with van der Waals surface area (Å²) in [6, 6.07) is 10.7. The molecular formula is C18H14ClFN2O3. The van der Waals surface area contributed by atoms with Crippen LogP contribution >= 0.6 is 11.6 Å². The van der Waals surface area contributed by atoms with Crippen LogP contribution in [0.5, 0.6) is 0 Å². The number of carbonyl (C=O) groups is 1. The molecule has 0 fully saturated rings. The van der Waals surface area contributed by atoms with Crippen molar-refractivity contribution in [2.75, 3.05) is 0 Å². The highest BCUT2D eigenvalue weighted by Crippen LogP contribution is 2.32. The second kappa shape index (κ2) is 6.57. The highest BCUT2D eigenvalue weighted by atomic mass is 35.5. The Morgan fingerprint density at radius 1 is 1.20 bits per heavy atom.